The number of rotatable bonds is 8. The van der Waals surface area contributed by atoms with Crippen molar-refractivity contribution in [1.82, 2.24) is 4.90 Å². The summed E-state index contributed by atoms with van der Waals surface area (Å²) in [5.41, 5.74) is 1.64. The van der Waals surface area contributed by atoms with Crippen molar-refractivity contribution in [3.63, 3.8) is 0 Å². The van der Waals surface area contributed by atoms with Crippen molar-refractivity contribution in [2.24, 2.45) is 4.99 Å². The van der Waals surface area contributed by atoms with E-state index in [0.29, 0.717) is 29.5 Å². The van der Waals surface area contributed by atoms with Gasteiger partial charge in [-0.3, -0.25) is 24.8 Å². The van der Waals surface area contributed by atoms with Crippen molar-refractivity contribution in [2.75, 3.05) is 20.2 Å². The zero-order chi connectivity index (χ0) is 22.4. The number of aliphatic imine (C=N–C) groups is 1. The Labute approximate surface area is 184 Å². The Morgan fingerprint density at radius 3 is 2.52 bits per heavy atom. The van der Waals surface area contributed by atoms with E-state index in [9.17, 15) is 14.9 Å². The van der Waals surface area contributed by atoms with Crippen LogP contribution in [0.2, 0.25) is 0 Å². The van der Waals surface area contributed by atoms with Crippen molar-refractivity contribution in [2.45, 2.75) is 20.5 Å². The monoisotopic (exact) mass is 441 g/mol. The number of carbonyl (C=O) groups is 1. The number of amidine groups is 1. The molecule has 1 saturated heterocycles. The Balaban J connectivity index is 1.75. The Bertz CT molecular complexity index is 1030. The standard InChI is InChI=1S/C22H23N3O5S/c1-4-23-22-24(5-2)21(26)20(31-22)13-16-8-11-18(19(12-16)29-3)30-14-15-6-9-17(10-7-15)25(27)28/h6-13H,4-5,14H2,1-3H3/b20-13+,23-22?. The molecule has 0 aromatic heterocycles. The van der Waals surface area contributed by atoms with Gasteiger partial charge < -0.3 is 9.47 Å². The maximum atomic E-state index is 12.6. The molecule has 1 aliphatic rings. The lowest BCUT2D eigenvalue weighted by Gasteiger charge is -2.12. The molecule has 1 fully saturated rings. The van der Waals surface area contributed by atoms with Gasteiger partial charge in [-0.25, -0.2) is 0 Å². The van der Waals surface area contributed by atoms with Crippen LogP contribution < -0.4 is 9.47 Å². The van der Waals surface area contributed by atoms with Crippen molar-refractivity contribution < 1.29 is 19.2 Å². The highest BCUT2D eigenvalue weighted by Gasteiger charge is 2.31. The molecule has 0 aliphatic carbocycles. The van der Waals surface area contributed by atoms with Crippen LogP contribution in [0.1, 0.15) is 25.0 Å². The molecule has 8 nitrogen and oxygen atoms in total. The number of ether oxygens (including phenoxy) is 2. The molecule has 0 bridgehead atoms. The van der Waals surface area contributed by atoms with Gasteiger partial charge in [0, 0.05) is 25.2 Å². The number of likely N-dealkylation sites (N-methyl/N-ethyl adjacent to an activating group) is 1. The minimum Gasteiger partial charge on any atom is -0.493 e. The number of thioether (sulfide) groups is 1. The summed E-state index contributed by atoms with van der Waals surface area (Å²) < 4.78 is 11.3. The van der Waals surface area contributed by atoms with Crippen LogP contribution in [-0.2, 0) is 11.4 Å². The van der Waals surface area contributed by atoms with E-state index in [1.807, 2.05) is 26.0 Å². The molecule has 1 heterocycles. The van der Waals surface area contributed by atoms with Gasteiger partial charge in [-0.2, -0.15) is 0 Å². The van der Waals surface area contributed by atoms with E-state index in [1.54, 1.807) is 36.3 Å². The second-order valence-electron chi connectivity index (χ2n) is 6.54. The first-order chi connectivity index (χ1) is 15.0. The van der Waals surface area contributed by atoms with Gasteiger partial charge >= 0.3 is 0 Å². The van der Waals surface area contributed by atoms with Gasteiger partial charge in [0.2, 0.25) is 0 Å². The summed E-state index contributed by atoms with van der Waals surface area (Å²) in [6.07, 6.45) is 1.82. The summed E-state index contributed by atoms with van der Waals surface area (Å²) in [4.78, 5) is 29.6. The van der Waals surface area contributed by atoms with Gasteiger partial charge in [-0.1, -0.05) is 6.07 Å². The molecule has 2 aromatic carbocycles. The van der Waals surface area contributed by atoms with Crippen LogP contribution >= 0.6 is 11.8 Å². The average molecular weight is 442 g/mol. The molecule has 162 valence electrons. The quantitative estimate of drug-likeness (QED) is 0.340. The predicted molar refractivity (Wildman–Crippen MR) is 121 cm³/mol. The normalized spacial score (nSPS) is 16.2. The number of hydrogen-bond donors (Lipinski definition) is 0. The van der Waals surface area contributed by atoms with E-state index in [0.717, 1.165) is 16.3 Å². The average Bonchev–Trinajstić information content (AvgIpc) is 3.07. The fourth-order valence-corrected chi connectivity index (χ4v) is 4.06. The van der Waals surface area contributed by atoms with E-state index >= 15 is 0 Å². The topological polar surface area (TPSA) is 94.3 Å². The first-order valence-electron chi connectivity index (χ1n) is 9.76. The molecule has 0 unspecified atom stereocenters. The maximum Gasteiger partial charge on any atom is 0.269 e. The molecule has 9 heteroatoms. The second kappa shape index (κ2) is 10.1. The minimum atomic E-state index is -0.439. The van der Waals surface area contributed by atoms with Crippen molar-refractivity contribution in [3.8, 4) is 11.5 Å². The fraction of sp³-hybridized carbons (Fsp3) is 0.273. The molecule has 0 N–H and O–H groups in total. The zero-order valence-electron chi connectivity index (χ0n) is 17.5. The van der Waals surface area contributed by atoms with Crippen LogP contribution in [0.5, 0.6) is 11.5 Å². The van der Waals surface area contributed by atoms with Crippen molar-refractivity contribution in [3.05, 3.63) is 68.6 Å². The number of nitro benzene ring substituents is 1. The van der Waals surface area contributed by atoms with Gasteiger partial charge in [0.05, 0.1) is 16.9 Å². The van der Waals surface area contributed by atoms with Gasteiger partial charge in [0.25, 0.3) is 11.6 Å². The summed E-state index contributed by atoms with van der Waals surface area (Å²) in [5.74, 6) is 1.01. The van der Waals surface area contributed by atoms with E-state index in [-0.39, 0.29) is 18.2 Å². The van der Waals surface area contributed by atoms with E-state index in [1.165, 1.54) is 23.9 Å². The Hall–Kier alpha value is -3.33. The van der Waals surface area contributed by atoms with E-state index in [2.05, 4.69) is 4.99 Å². The van der Waals surface area contributed by atoms with E-state index < -0.39 is 4.92 Å². The molecule has 0 atom stereocenters. The van der Waals surface area contributed by atoms with Gasteiger partial charge in [0.1, 0.15) is 6.61 Å². The lowest BCUT2D eigenvalue weighted by molar-refractivity contribution is -0.384. The summed E-state index contributed by atoms with van der Waals surface area (Å²) in [6, 6.07) is 11.6. The number of nitro groups is 1. The number of benzene rings is 2. The highest BCUT2D eigenvalue weighted by Crippen LogP contribution is 2.35. The Morgan fingerprint density at radius 2 is 1.90 bits per heavy atom. The molecule has 31 heavy (non-hydrogen) atoms. The molecule has 1 amide bonds. The van der Waals surface area contributed by atoms with Crippen molar-refractivity contribution in [1.29, 1.82) is 0 Å². The summed E-state index contributed by atoms with van der Waals surface area (Å²) >= 11 is 1.37. The lowest BCUT2D eigenvalue weighted by atomic mass is 10.1. The molecule has 0 saturated carbocycles. The first-order valence-corrected chi connectivity index (χ1v) is 10.6. The molecular formula is C22H23N3O5S. The molecule has 1 aliphatic heterocycles. The number of non-ortho nitro benzene ring substituents is 1. The SMILES string of the molecule is CCN=C1S/C(=C/c2ccc(OCc3ccc([N+](=O)[O-])cc3)c(OC)c2)C(=O)N1CC. The number of nitrogens with zero attached hydrogens (tertiary/aromatic N) is 3. The summed E-state index contributed by atoms with van der Waals surface area (Å²) in [5, 5.41) is 11.5. The van der Waals surface area contributed by atoms with Crippen LogP contribution in [0.25, 0.3) is 6.08 Å². The zero-order valence-corrected chi connectivity index (χ0v) is 18.3. The number of hydrogen-bond acceptors (Lipinski definition) is 7. The molecular weight excluding hydrogens is 418 g/mol. The third kappa shape index (κ3) is 5.24. The maximum absolute atomic E-state index is 12.6. The van der Waals surface area contributed by atoms with Crippen LogP contribution in [-0.4, -0.2) is 41.1 Å². The van der Waals surface area contributed by atoms with Crippen LogP contribution in [0, 0.1) is 10.1 Å². The van der Waals surface area contributed by atoms with Gasteiger partial charge in [0.15, 0.2) is 16.7 Å². The summed E-state index contributed by atoms with van der Waals surface area (Å²) in [7, 11) is 1.55. The third-order valence-corrected chi connectivity index (χ3v) is 5.57. The highest BCUT2D eigenvalue weighted by atomic mass is 32.2. The highest BCUT2D eigenvalue weighted by molar-refractivity contribution is 8.18. The van der Waals surface area contributed by atoms with Gasteiger partial charge in [-0.15, -0.1) is 0 Å². The van der Waals surface area contributed by atoms with Gasteiger partial charge in [-0.05, 0) is 67.1 Å². The number of methoxy groups -OCH3 is 1. The van der Waals surface area contributed by atoms with Crippen LogP contribution in [0.15, 0.2) is 52.4 Å². The second-order valence-corrected chi connectivity index (χ2v) is 7.55. The molecule has 0 radical (unpaired) electrons. The molecule has 3 rings (SSSR count). The van der Waals surface area contributed by atoms with Crippen molar-refractivity contribution >= 4 is 34.6 Å². The lowest BCUT2D eigenvalue weighted by Crippen LogP contribution is -2.28. The molecule has 0 spiro atoms. The molecule has 2 aromatic rings. The Morgan fingerprint density at radius 1 is 1.16 bits per heavy atom. The number of carbonyl (C=O) groups excluding carboxylic acids is 1. The third-order valence-electron chi connectivity index (χ3n) is 4.52. The fourth-order valence-electron chi connectivity index (χ4n) is 2.96. The van der Waals surface area contributed by atoms with Crippen LogP contribution in [0.4, 0.5) is 5.69 Å². The smallest absolute Gasteiger partial charge is 0.269 e. The first kappa shape index (κ1) is 22.4. The largest absolute Gasteiger partial charge is 0.493 e. The van der Waals surface area contributed by atoms with Crippen LogP contribution in [0.3, 0.4) is 0 Å². The number of amides is 1. The Kier molecular flexibility index (Phi) is 7.30. The summed E-state index contributed by atoms with van der Waals surface area (Å²) in [6.45, 7) is 5.29. The van der Waals surface area contributed by atoms with E-state index in [4.69, 9.17) is 9.47 Å². The predicted octanol–water partition coefficient (Wildman–Crippen LogP) is 4.49. The minimum absolute atomic E-state index is 0.0341.